The molecule has 3 heteroatoms. The molecule has 0 saturated carbocycles. The van der Waals surface area contributed by atoms with Gasteiger partial charge in [0.05, 0.1) is 0 Å². The van der Waals surface area contributed by atoms with Gasteiger partial charge in [-0.15, -0.1) is 0 Å². The second kappa shape index (κ2) is 5.45. The number of benzene rings is 2. The summed E-state index contributed by atoms with van der Waals surface area (Å²) in [7, 11) is 0. The van der Waals surface area contributed by atoms with Crippen molar-refractivity contribution in [1.29, 1.82) is 0 Å². The van der Waals surface area contributed by atoms with Crippen LogP contribution in [-0.2, 0) is 5.41 Å². The Bertz CT molecular complexity index is 1060. The van der Waals surface area contributed by atoms with Crippen LogP contribution in [0.25, 0.3) is 33.1 Å². The Morgan fingerprint density at radius 2 is 1.54 bits per heavy atom. The van der Waals surface area contributed by atoms with Crippen LogP contribution in [0.4, 0.5) is 0 Å². The molecule has 24 heavy (non-hydrogen) atoms. The molecular formula is C21H18BrNO. The highest BCUT2D eigenvalue weighted by Gasteiger charge is 2.16. The van der Waals surface area contributed by atoms with E-state index in [4.69, 9.17) is 4.42 Å². The van der Waals surface area contributed by atoms with Gasteiger partial charge in [0.1, 0.15) is 11.2 Å². The number of halogens is 1. The lowest BCUT2D eigenvalue weighted by molar-refractivity contribution is 0.590. The van der Waals surface area contributed by atoms with E-state index in [2.05, 4.69) is 78.1 Å². The van der Waals surface area contributed by atoms with E-state index in [0.717, 1.165) is 32.2 Å². The topological polar surface area (TPSA) is 26.0 Å². The van der Waals surface area contributed by atoms with Gasteiger partial charge in [-0.05, 0) is 62.8 Å². The zero-order valence-electron chi connectivity index (χ0n) is 13.9. The van der Waals surface area contributed by atoms with Gasteiger partial charge >= 0.3 is 0 Å². The number of pyridine rings is 1. The van der Waals surface area contributed by atoms with Crippen LogP contribution in [0.2, 0.25) is 0 Å². The number of fused-ring (bicyclic) bond motifs is 3. The maximum Gasteiger partial charge on any atom is 0.135 e. The predicted octanol–water partition coefficient (Wildman–Crippen LogP) is 6.71. The SMILES string of the molecule is CC(C)(C)c1ccc2oc3ccc(-c4cncc(Br)c4)cc3c2c1. The first-order valence-electron chi connectivity index (χ1n) is 7.99. The Labute approximate surface area is 149 Å². The molecular weight excluding hydrogens is 362 g/mol. The van der Waals surface area contributed by atoms with Crippen molar-refractivity contribution in [2.24, 2.45) is 0 Å². The molecule has 0 unspecified atom stereocenters. The first-order valence-corrected chi connectivity index (χ1v) is 8.79. The van der Waals surface area contributed by atoms with E-state index in [9.17, 15) is 0 Å². The molecule has 2 aromatic heterocycles. The monoisotopic (exact) mass is 379 g/mol. The molecule has 2 aromatic carbocycles. The fourth-order valence-electron chi connectivity index (χ4n) is 2.99. The van der Waals surface area contributed by atoms with Crippen molar-refractivity contribution in [3.05, 3.63) is 64.9 Å². The molecule has 0 aliphatic carbocycles. The highest BCUT2D eigenvalue weighted by atomic mass is 79.9. The molecule has 0 radical (unpaired) electrons. The van der Waals surface area contributed by atoms with Crippen LogP contribution in [-0.4, -0.2) is 4.98 Å². The molecule has 120 valence electrons. The quantitative estimate of drug-likeness (QED) is 0.367. The summed E-state index contributed by atoms with van der Waals surface area (Å²) >= 11 is 3.49. The number of hydrogen-bond acceptors (Lipinski definition) is 2. The zero-order chi connectivity index (χ0) is 16.9. The molecule has 2 heterocycles. The Hall–Kier alpha value is -2.13. The lowest BCUT2D eigenvalue weighted by atomic mass is 9.86. The highest BCUT2D eigenvalue weighted by molar-refractivity contribution is 9.10. The molecule has 0 fully saturated rings. The number of nitrogens with zero attached hydrogens (tertiary/aromatic N) is 1. The van der Waals surface area contributed by atoms with Gasteiger partial charge in [0, 0.05) is 33.2 Å². The third-order valence-corrected chi connectivity index (χ3v) is 4.81. The maximum atomic E-state index is 6.01. The molecule has 0 aliphatic rings. The van der Waals surface area contributed by atoms with Crippen LogP contribution in [0, 0.1) is 0 Å². The molecule has 0 atom stereocenters. The Balaban J connectivity index is 1.96. The first kappa shape index (κ1) is 15.4. The van der Waals surface area contributed by atoms with Gasteiger partial charge in [-0.1, -0.05) is 32.9 Å². The summed E-state index contributed by atoms with van der Waals surface area (Å²) in [5, 5.41) is 2.32. The van der Waals surface area contributed by atoms with Crippen LogP contribution in [0.3, 0.4) is 0 Å². The van der Waals surface area contributed by atoms with Crippen molar-refractivity contribution in [2.75, 3.05) is 0 Å². The molecule has 0 bridgehead atoms. The number of hydrogen-bond donors (Lipinski definition) is 0. The minimum Gasteiger partial charge on any atom is -0.456 e. The summed E-state index contributed by atoms with van der Waals surface area (Å²) in [6.07, 6.45) is 3.68. The van der Waals surface area contributed by atoms with E-state index >= 15 is 0 Å². The summed E-state index contributed by atoms with van der Waals surface area (Å²) in [6.45, 7) is 6.69. The lowest BCUT2D eigenvalue weighted by Gasteiger charge is -2.18. The van der Waals surface area contributed by atoms with Crippen LogP contribution < -0.4 is 0 Å². The summed E-state index contributed by atoms with van der Waals surface area (Å²) < 4.78 is 6.99. The summed E-state index contributed by atoms with van der Waals surface area (Å²) in [4.78, 5) is 4.27. The van der Waals surface area contributed by atoms with E-state index in [0.29, 0.717) is 0 Å². The molecule has 0 aliphatic heterocycles. The van der Waals surface area contributed by atoms with Crippen molar-refractivity contribution in [2.45, 2.75) is 26.2 Å². The zero-order valence-corrected chi connectivity index (χ0v) is 15.5. The van der Waals surface area contributed by atoms with Crippen LogP contribution in [0.1, 0.15) is 26.3 Å². The van der Waals surface area contributed by atoms with E-state index in [1.165, 1.54) is 10.9 Å². The highest BCUT2D eigenvalue weighted by Crippen LogP contribution is 2.35. The smallest absolute Gasteiger partial charge is 0.135 e. The van der Waals surface area contributed by atoms with Crippen LogP contribution in [0.5, 0.6) is 0 Å². The lowest BCUT2D eigenvalue weighted by Crippen LogP contribution is -2.10. The van der Waals surface area contributed by atoms with E-state index in [-0.39, 0.29) is 5.41 Å². The number of aromatic nitrogens is 1. The Morgan fingerprint density at radius 3 is 2.25 bits per heavy atom. The molecule has 0 saturated heterocycles. The van der Waals surface area contributed by atoms with Crippen molar-refractivity contribution in [3.63, 3.8) is 0 Å². The van der Waals surface area contributed by atoms with Gasteiger partial charge in [-0.3, -0.25) is 4.98 Å². The summed E-state index contributed by atoms with van der Waals surface area (Å²) in [5.41, 5.74) is 5.51. The van der Waals surface area contributed by atoms with Crippen molar-refractivity contribution >= 4 is 37.9 Å². The number of furan rings is 1. The normalized spacial score (nSPS) is 12.2. The molecule has 0 N–H and O–H groups in total. The van der Waals surface area contributed by atoms with Gasteiger partial charge in [-0.25, -0.2) is 0 Å². The second-order valence-corrected chi connectivity index (χ2v) is 8.08. The van der Waals surface area contributed by atoms with Gasteiger partial charge in [-0.2, -0.15) is 0 Å². The molecule has 4 aromatic rings. The molecule has 0 amide bonds. The van der Waals surface area contributed by atoms with Crippen molar-refractivity contribution in [3.8, 4) is 11.1 Å². The Morgan fingerprint density at radius 1 is 0.833 bits per heavy atom. The van der Waals surface area contributed by atoms with E-state index in [1.54, 1.807) is 6.20 Å². The van der Waals surface area contributed by atoms with Gasteiger partial charge in [0.15, 0.2) is 0 Å². The third kappa shape index (κ3) is 2.63. The van der Waals surface area contributed by atoms with Crippen molar-refractivity contribution in [1.82, 2.24) is 4.98 Å². The fourth-order valence-corrected chi connectivity index (χ4v) is 3.36. The predicted molar refractivity (Wildman–Crippen MR) is 103 cm³/mol. The average Bonchev–Trinajstić information content (AvgIpc) is 2.91. The van der Waals surface area contributed by atoms with Crippen molar-refractivity contribution < 1.29 is 4.42 Å². The Kier molecular flexibility index (Phi) is 3.50. The molecule has 2 nitrogen and oxygen atoms in total. The van der Waals surface area contributed by atoms with Crippen LogP contribution >= 0.6 is 15.9 Å². The standard InChI is InChI=1S/C21H18BrNO/c1-21(2,3)15-5-7-20-18(10-15)17-9-13(4-6-19(17)24-20)14-8-16(22)12-23-11-14/h4-12H,1-3H3. The summed E-state index contributed by atoms with van der Waals surface area (Å²) in [6, 6.07) is 14.9. The van der Waals surface area contributed by atoms with E-state index < -0.39 is 0 Å². The van der Waals surface area contributed by atoms with E-state index in [1.807, 2.05) is 12.3 Å². The molecule has 0 spiro atoms. The minimum absolute atomic E-state index is 0.115. The van der Waals surface area contributed by atoms with Crippen LogP contribution in [0.15, 0.2) is 63.7 Å². The largest absolute Gasteiger partial charge is 0.456 e. The maximum absolute atomic E-state index is 6.01. The fraction of sp³-hybridized carbons (Fsp3) is 0.190. The van der Waals surface area contributed by atoms with Gasteiger partial charge < -0.3 is 4.42 Å². The van der Waals surface area contributed by atoms with Gasteiger partial charge in [0.2, 0.25) is 0 Å². The first-order chi connectivity index (χ1) is 11.4. The molecule has 4 rings (SSSR count). The average molecular weight is 380 g/mol. The second-order valence-electron chi connectivity index (χ2n) is 7.17. The van der Waals surface area contributed by atoms with Gasteiger partial charge in [0.25, 0.3) is 0 Å². The third-order valence-electron chi connectivity index (χ3n) is 4.37. The number of rotatable bonds is 1. The minimum atomic E-state index is 0.115. The summed E-state index contributed by atoms with van der Waals surface area (Å²) in [5.74, 6) is 0.